The van der Waals surface area contributed by atoms with E-state index in [1.54, 1.807) is 42.4 Å². The molecule has 1 amide bonds. The molecule has 2 N–H and O–H groups in total. The second-order valence-electron chi connectivity index (χ2n) is 18.5. The second kappa shape index (κ2) is 18.3. The maximum absolute atomic E-state index is 14.1. The molecule has 0 unspecified atom stereocenters. The maximum Gasteiger partial charge on any atom is 0.297 e. The maximum atomic E-state index is 14.1. The third kappa shape index (κ3) is 9.81. The minimum absolute atomic E-state index is 0.0454. The van der Waals surface area contributed by atoms with E-state index in [1.165, 1.54) is 35.4 Å². The lowest BCUT2D eigenvalue weighted by Crippen LogP contribution is -2.49. The van der Waals surface area contributed by atoms with E-state index in [9.17, 15) is 23.3 Å². The number of piperazine rings is 1. The number of likely N-dealkylation sites (N-methyl/N-ethyl adjacent to an activating group) is 1. The molecular formula is C48H55ClN8O7S. The van der Waals surface area contributed by atoms with Crippen LogP contribution in [0.4, 0.5) is 17.1 Å². The Morgan fingerprint density at radius 3 is 2.52 bits per heavy atom. The van der Waals surface area contributed by atoms with Crippen molar-refractivity contribution in [1.82, 2.24) is 24.5 Å². The number of allylic oxidation sites excluding steroid dienone is 1. The highest BCUT2D eigenvalue weighted by atomic mass is 35.5. The van der Waals surface area contributed by atoms with E-state index < -0.39 is 31.4 Å². The van der Waals surface area contributed by atoms with Crippen molar-refractivity contribution >= 4 is 61.2 Å². The predicted octanol–water partition coefficient (Wildman–Crippen LogP) is 8.50. The summed E-state index contributed by atoms with van der Waals surface area (Å²) in [6.45, 7) is 11.4. The molecule has 0 saturated carbocycles. The highest BCUT2D eigenvalue weighted by Crippen LogP contribution is 2.45. The van der Waals surface area contributed by atoms with Gasteiger partial charge in [0, 0.05) is 86.8 Å². The summed E-state index contributed by atoms with van der Waals surface area (Å²) in [5, 5.41) is 14.0. The Morgan fingerprint density at radius 1 is 1.00 bits per heavy atom. The van der Waals surface area contributed by atoms with Crippen LogP contribution >= 0.6 is 11.6 Å². The molecule has 0 spiro atoms. The molecule has 17 heteroatoms. The summed E-state index contributed by atoms with van der Waals surface area (Å²) in [5.41, 5.74) is 5.52. The van der Waals surface area contributed by atoms with Crippen LogP contribution in [0.2, 0.25) is 5.02 Å². The van der Waals surface area contributed by atoms with Gasteiger partial charge in [0.1, 0.15) is 23.8 Å². The number of nitrogens with one attached hydrogen (secondary N) is 2. The number of halogens is 1. The Bertz CT molecular complexity index is 2750. The molecule has 0 radical (unpaired) electrons. The molecule has 15 nitrogen and oxygen atoms in total. The molecule has 1 aliphatic carbocycles. The molecule has 4 aliphatic rings. The first-order valence-electron chi connectivity index (χ1n) is 22.4. The Kier molecular flexibility index (Phi) is 12.5. The Morgan fingerprint density at radius 2 is 1.77 bits per heavy atom. The summed E-state index contributed by atoms with van der Waals surface area (Å²) < 4.78 is 42.5. The van der Waals surface area contributed by atoms with Crippen molar-refractivity contribution in [3.63, 3.8) is 0 Å². The number of fused-ring (bicyclic) bond motifs is 2. The van der Waals surface area contributed by atoms with Crippen molar-refractivity contribution in [1.29, 1.82) is 0 Å². The first kappa shape index (κ1) is 44.5. The molecular weight excluding hydrogens is 868 g/mol. The number of carbonyl (C=O) groups is 1. The molecule has 3 aliphatic heterocycles. The molecule has 5 aromatic rings. The Balaban J connectivity index is 0.946. The zero-order valence-corrected chi connectivity index (χ0v) is 38.6. The number of amides is 1. The average Bonchev–Trinajstić information content (AvgIpc) is 3.76. The summed E-state index contributed by atoms with van der Waals surface area (Å²) in [7, 11) is -2.88. The number of nitrogens with zero attached hydrogens (tertiary/aromatic N) is 6. The molecule has 2 aromatic heterocycles. The SMILES string of the molecule is CN1c2c(cc(S(=O)(=O)NC(=O)c3ccc(N4CCN(CC5=C(c6ccc(Cl)cc6)CC(C)(C)CC5)CC4)cc3Oc3cnc4[nH]ccc4c3)cc2[N+](=O)[O-])OC[C@H]1CN1CCCCC1. The van der Waals surface area contributed by atoms with Gasteiger partial charge >= 0.3 is 0 Å². The normalized spacial score (nSPS) is 19.5. The number of sulfonamides is 1. The van der Waals surface area contributed by atoms with Gasteiger partial charge in [0.25, 0.3) is 21.6 Å². The number of hydrogen-bond acceptors (Lipinski definition) is 12. The second-order valence-corrected chi connectivity index (χ2v) is 20.6. The van der Waals surface area contributed by atoms with Gasteiger partial charge in [-0.1, -0.05) is 49.6 Å². The summed E-state index contributed by atoms with van der Waals surface area (Å²) in [5.74, 6) is -0.431. The number of nitro benzene ring substituents is 1. The van der Waals surface area contributed by atoms with Gasteiger partial charge in [-0.2, -0.15) is 0 Å². The topological polar surface area (TPSA) is 166 Å². The van der Waals surface area contributed by atoms with Gasteiger partial charge < -0.3 is 29.2 Å². The van der Waals surface area contributed by atoms with Crippen molar-refractivity contribution in [2.24, 2.45) is 5.41 Å². The smallest absolute Gasteiger partial charge is 0.297 e. The number of rotatable bonds is 12. The van der Waals surface area contributed by atoms with Gasteiger partial charge in [0.15, 0.2) is 11.4 Å². The monoisotopic (exact) mass is 922 g/mol. The molecule has 5 heterocycles. The predicted molar refractivity (Wildman–Crippen MR) is 253 cm³/mol. The van der Waals surface area contributed by atoms with E-state index >= 15 is 0 Å². The lowest BCUT2D eigenvalue weighted by Gasteiger charge is -2.39. The summed E-state index contributed by atoms with van der Waals surface area (Å²) in [4.78, 5) is 41.9. The Hall–Kier alpha value is -5.68. The minimum atomic E-state index is -4.65. The highest BCUT2D eigenvalue weighted by molar-refractivity contribution is 7.90. The molecule has 1 atom stereocenters. The molecule has 0 bridgehead atoms. The van der Waals surface area contributed by atoms with Gasteiger partial charge in [0.05, 0.1) is 27.6 Å². The van der Waals surface area contributed by atoms with Gasteiger partial charge in [-0.3, -0.25) is 19.8 Å². The third-order valence-corrected chi connectivity index (χ3v) is 14.9. The van der Waals surface area contributed by atoms with E-state index in [1.807, 2.05) is 18.2 Å². The number of piperidine rings is 1. The largest absolute Gasteiger partial charge is 0.489 e. The fraction of sp³-hybridized carbons (Fsp3) is 0.417. The van der Waals surface area contributed by atoms with Gasteiger partial charge in [-0.15, -0.1) is 0 Å². The van der Waals surface area contributed by atoms with Crippen LogP contribution in [0, 0.1) is 15.5 Å². The summed E-state index contributed by atoms with van der Waals surface area (Å²) in [6.07, 6.45) is 9.86. The van der Waals surface area contributed by atoms with Crippen LogP contribution in [0.25, 0.3) is 16.6 Å². The number of pyridine rings is 1. The first-order chi connectivity index (χ1) is 31.2. The molecule has 342 valence electrons. The van der Waals surface area contributed by atoms with Crippen LogP contribution < -0.4 is 24.0 Å². The quantitative estimate of drug-likeness (QED) is 0.0907. The lowest BCUT2D eigenvalue weighted by molar-refractivity contribution is -0.384. The number of hydrogen-bond donors (Lipinski definition) is 2. The third-order valence-electron chi connectivity index (χ3n) is 13.4. The highest BCUT2D eigenvalue weighted by Gasteiger charge is 2.36. The molecule has 65 heavy (non-hydrogen) atoms. The molecule has 2 fully saturated rings. The number of nitro groups is 1. The number of benzene rings is 3. The molecule has 3 aromatic carbocycles. The number of carbonyl (C=O) groups excluding carboxylic acids is 1. The van der Waals surface area contributed by atoms with E-state index in [0.29, 0.717) is 17.9 Å². The van der Waals surface area contributed by atoms with E-state index in [2.05, 4.69) is 55.4 Å². The number of aromatic nitrogens is 2. The fourth-order valence-corrected chi connectivity index (χ4v) is 10.8. The van der Waals surface area contributed by atoms with Crippen LogP contribution in [0.5, 0.6) is 17.2 Å². The van der Waals surface area contributed by atoms with Crippen molar-refractivity contribution in [3.8, 4) is 17.2 Å². The summed E-state index contributed by atoms with van der Waals surface area (Å²) >= 11 is 6.25. The number of H-pyrrole nitrogens is 1. The number of anilines is 2. The average molecular weight is 924 g/mol. The van der Waals surface area contributed by atoms with Crippen molar-refractivity contribution in [2.75, 3.05) is 75.8 Å². The molecule has 9 rings (SSSR count). The van der Waals surface area contributed by atoms with E-state index in [-0.39, 0.29) is 40.8 Å². The van der Waals surface area contributed by atoms with Crippen LogP contribution in [0.15, 0.2) is 89.6 Å². The number of ether oxygens (including phenoxy) is 2. The number of likely N-dealkylation sites (tertiary alicyclic amines) is 1. The lowest BCUT2D eigenvalue weighted by atomic mass is 9.72. The Labute approximate surface area is 384 Å². The van der Waals surface area contributed by atoms with E-state index in [0.717, 1.165) is 100 Å². The van der Waals surface area contributed by atoms with Crippen molar-refractivity contribution in [3.05, 3.63) is 111 Å². The zero-order chi connectivity index (χ0) is 45.5. The van der Waals surface area contributed by atoms with Gasteiger partial charge in [-0.05, 0) is 98.1 Å². The zero-order valence-electron chi connectivity index (χ0n) is 37.0. The van der Waals surface area contributed by atoms with Crippen molar-refractivity contribution < 1.29 is 27.6 Å². The molecule has 2 saturated heterocycles. The van der Waals surface area contributed by atoms with E-state index in [4.69, 9.17) is 21.1 Å². The number of aromatic amines is 1. The fourth-order valence-electron chi connectivity index (χ4n) is 9.64. The van der Waals surface area contributed by atoms with Crippen LogP contribution in [-0.4, -0.2) is 111 Å². The minimum Gasteiger partial charge on any atom is -0.489 e. The van der Waals surface area contributed by atoms with Gasteiger partial charge in [-0.25, -0.2) is 18.1 Å². The standard InChI is InChI=1S/C48H55ClN8O7S/c1-48(2)15-13-34(41(27-48)32-7-9-35(49)10-8-32)29-55-19-21-56(22-20-55)36-11-12-40(43(24-36)64-38-23-33-14-16-50-46(33)51-28-38)47(58)52-65(61,62)39-25-42(57(59)60)45-44(26-39)63-31-37(53(45)3)30-54-17-5-4-6-18-54/h7-12,14,16,23-26,28,37H,4-6,13,15,17-22,27,29-31H2,1-3H3,(H,50,51)(H,52,58)/t37-/m1/s1. The van der Waals surface area contributed by atoms with Crippen LogP contribution in [-0.2, 0) is 10.0 Å². The first-order valence-corrected chi connectivity index (χ1v) is 24.2. The summed E-state index contributed by atoms with van der Waals surface area (Å²) in [6, 6.07) is 19.0. The van der Waals surface area contributed by atoms with Gasteiger partial charge in [0.2, 0.25) is 0 Å². The van der Waals surface area contributed by atoms with Crippen LogP contribution in [0.3, 0.4) is 0 Å². The van der Waals surface area contributed by atoms with Crippen LogP contribution in [0.1, 0.15) is 68.3 Å². The van der Waals surface area contributed by atoms with Crippen molar-refractivity contribution in [2.45, 2.75) is 63.3 Å².